The molecule has 0 aliphatic carbocycles. The van der Waals surface area contributed by atoms with Crippen molar-refractivity contribution >= 4 is 55.8 Å². The molecule has 0 bridgehead atoms. The van der Waals surface area contributed by atoms with Gasteiger partial charge in [-0.05, 0) is 66.2 Å². The van der Waals surface area contributed by atoms with Crippen LogP contribution in [0.4, 0.5) is 5.82 Å². The smallest absolute Gasteiger partial charge is 0.337 e. The minimum absolute atomic E-state index is 0.191. The second-order valence-corrected chi connectivity index (χ2v) is 13.7. The van der Waals surface area contributed by atoms with Gasteiger partial charge in [-0.2, -0.15) is 0 Å². The minimum atomic E-state index is -0.387. The molecule has 2 aromatic heterocycles. The Morgan fingerprint density at radius 2 is 1.24 bits per heavy atom. The third kappa shape index (κ3) is 9.86. The molecule has 6 aromatic rings. The lowest BCUT2D eigenvalue weighted by molar-refractivity contribution is 0.0592. The lowest BCUT2D eigenvalue weighted by Crippen LogP contribution is -2.44. The fourth-order valence-corrected chi connectivity index (χ4v) is 6.58. The fourth-order valence-electron chi connectivity index (χ4n) is 6.08. The van der Waals surface area contributed by atoms with Gasteiger partial charge in [0.25, 0.3) is 0 Å². The molecule has 0 radical (unpaired) electrons. The summed E-state index contributed by atoms with van der Waals surface area (Å²) < 4.78 is 20.9. The van der Waals surface area contributed by atoms with E-state index in [1.54, 1.807) is 30.3 Å². The van der Waals surface area contributed by atoms with Crippen molar-refractivity contribution in [3.63, 3.8) is 0 Å². The van der Waals surface area contributed by atoms with Crippen LogP contribution in [0.2, 0.25) is 0 Å². The van der Waals surface area contributed by atoms with Crippen LogP contribution < -0.4 is 10.2 Å². The normalized spacial score (nSPS) is 16.6. The van der Waals surface area contributed by atoms with Crippen molar-refractivity contribution in [3.8, 4) is 22.5 Å². The summed E-state index contributed by atoms with van der Waals surface area (Å²) in [6.45, 7) is 9.06. The molecule has 0 saturated carbocycles. The van der Waals surface area contributed by atoms with Crippen LogP contribution in [-0.2, 0) is 18.9 Å². The number of hydrogen-bond acceptors (Lipinski definition) is 12. The number of esters is 2. The van der Waals surface area contributed by atoms with Gasteiger partial charge in [0, 0.05) is 30.3 Å². The van der Waals surface area contributed by atoms with E-state index in [0.717, 1.165) is 65.7 Å². The summed E-state index contributed by atoms with van der Waals surface area (Å²) >= 11 is 3.44. The maximum atomic E-state index is 11.9. The molecule has 13 heteroatoms. The van der Waals surface area contributed by atoms with Gasteiger partial charge in [0.15, 0.2) is 5.82 Å². The van der Waals surface area contributed by atoms with Crippen molar-refractivity contribution in [2.75, 3.05) is 58.6 Å². The Balaban J connectivity index is 0.000000162. The number of nitrogens with one attached hydrogen (secondary N) is 1. The topological polar surface area (TPSA) is 138 Å². The Morgan fingerprint density at radius 3 is 1.75 bits per heavy atom. The van der Waals surface area contributed by atoms with E-state index < -0.39 is 0 Å². The molecule has 4 heterocycles. The van der Waals surface area contributed by atoms with E-state index in [-0.39, 0.29) is 18.0 Å². The molecule has 4 aromatic carbocycles. The first kappa shape index (κ1) is 39.4. The highest BCUT2D eigenvalue weighted by Gasteiger charge is 2.25. The molecular weight excluding hydrogens is 764 g/mol. The van der Waals surface area contributed by atoms with Crippen molar-refractivity contribution in [2.24, 2.45) is 0 Å². The molecule has 2 saturated heterocycles. The number of fused-ring (bicyclic) bond motifs is 2. The fraction of sp³-hybridized carbons (Fsp3) is 0.286. The highest BCUT2D eigenvalue weighted by molar-refractivity contribution is 9.10. The van der Waals surface area contributed by atoms with Crippen molar-refractivity contribution < 1.29 is 28.5 Å². The van der Waals surface area contributed by atoms with Gasteiger partial charge < -0.3 is 29.2 Å². The molecule has 0 amide bonds. The highest BCUT2D eigenvalue weighted by Crippen LogP contribution is 2.32. The van der Waals surface area contributed by atoms with Gasteiger partial charge in [0.05, 0.1) is 79.9 Å². The lowest BCUT2D eigenvalue weighted by Gasteiger charge is -2.35. The molecule has 12 nitrogen and oxygen atoms in total. The first-order chi connectivity index (χ1) is 26.7. The first-order valence-corrected chi connectivity index (χ1v) is 18.8. The summed E-state index contributed by atoms with van der Waals surface area (Å²) in [5, 5.41) is 3.26. The number of anilines is 1. The molecule has 2 atom stereocenters. The average Bonchev–Trinajstić information content (AvgIpc) is 3.23. The average molecular weight is 808 g/mol. The lowest BCUT2D eigenvalue weighted by atomic mass is 10.1. The SMILES string of the molecule is CC1COCCN1.COC(=O)c1ccc2nc(-c3ccccc3)c(Br)nc2c1.COC(=O)c1ccc2nc(-c3ccccc3)c(N3CCOCC3C)nc2c1. The number of carbonyl (C=O) groups is 2. The van der Waals surface area contributed by atoms with Crippen LogP contribution in [0.5, 0.6) is 0 Å². The van der Waals surface area contributed by atoms with Gasteiger partial charge in [-0.25, -0.2) is 29.5 Å². The second kappa shape index (κ2) is 18.8. The molecule has 284 valence electrons. The van der Waals surface area contributed by atoms with Crippen LogP contribution in [0.15, 0.2) is 102 Å². The Kier molecular flexibility index (Phi) is 13.5. The van der Waals surface area contributed by atoms with Crippen LogP contribution in [-0.4, -0.2) is 97.7 Å². The number of halogens is 1. The number of aromatic nitrogens is 4. The molecule has 55 heavy (non-hydrogen) atoms. The Hall–Kier alpha value is -5.34. The van der Waals surface area contributed by atoms with Crippen molar-refractivity contribution in [1.29, 1.82) is 0 Å². The van der Waals surface area contributed by atoms with Crippen LogP contribution in [0, 0.1) is 0 Å². The van der Waals surface area contributed by atoms with Crippen LogP contribution in [0.3, 0.4) is 0 Å². The Morgan fingerprint density at radius 1 is 0.691 bits per heavy atom. The van der Waals surface area contributed by atoms with Gasteiger partial charge >= 0.3 is 11.9 Å². The van der Waals surface area contributed by atoms with E-state index in [0.29, 0.717) is 46.0 Å². The number of nitrogens with zero attached hydrogens (tertiary/aromatic N) is 5. The number of ether oxygens (including phenoxy) is 4. The monoisotopic (exact) mass is 806 g/mol. The quantitative estimate of drug-likeness (QED) is 0.177. The number of carbonyl (C=O) groups excluding carboxylic acids is 2. The van der Waals surface area contributed by atoms with Crippen molar-refractivity contribution in [1.82, 2.24) is 25.3 Å². The van der Waals surface area contributed by atoms with Crippen LogP contribution >= 0.6 is 15.9 Å². The molecule has 0 spiro atoms. The highest BCUT2D eigenvalue weighted by atomic mass is 79.9. The number of hydrogen-bond donors (Lipinski definition) is 1. The number of morpholine rings is 2. The molecular formula is C42H43BrN6O6. The van der Waals surface area contributed by atoms with Crippen molar-refractivity contribution in [3.05, 3.63) is 113 Å². The predicted molar refractivity (Wildman–Crippen MR) is 216 cm³/mol. The van der Waals surface area contributed by atoms with E-state index in [9.17, 15) is 9.59 Å². The van der Waals surface area contributed by atoms with Gasteiger partial charge in [-0.1, -0.05) is 60.7 Å². The molecule has 8 rings (SSSR count). The predicted octanol–water partition coefficient (Wildman–Crippen LogP) is 7.15. The van der Waals surface area contributed by atoms with Crippen LogP contribution in [0.25, 0.3) is 44.6 Å². The first-order valence-electron chi connectivity index (χ1n) is 18.0. The van der Waals surface area contributed by atoms with Gasteiger partial charge in [0.1, 0.15) is 16.0 Å². The molecule has 1 N–H and O–H groups in total. The molecule has 2 fully saturated rings. The minimum Gasteiger partial charge on any atom is -0.465 e. The number of rotatable bonds is 5. The van der Waals surface area contributed by atoms with Gasteiger partial charge in [-0.15, -0.1) is 0 Å². The zero-order valence-electron chi connectivity index (χ0n) is 31.2. The van der Waals surface area contributed by atoms with Crippen LogP contribution in [0.1, 0.15) is 34.6 Å². The Bertz CT molecular complexity index is 2240. The van der Waals surface area contributed by atoms with E-state index in [2.05, 4.69) is 50.0 Å². The van der Waals surface area contributed by atoms with E-state index >= 15 is 0 Å². The maximum Gasteiger partial charge on any atom is 0.337 e. The largest absolute Gasteiger partial charge is 0.465 e. The third-order valence-electron chi connectivity index (χ3n) is 8.95. The number of benzene rings is 4. The second-order valence-electron chi connectivity index (χ2n) is 12.9. The molecule has 2 unspecified atom stereocenters. The Labute approximate surface area is 328 Å². The van der Waals surface area contributed by atoms with E-state index in [1.165, 1.54) is 14.2 Å². The summed E-state index contributed by atoms with van der Waals surface area (Å²) in [6.07, 6.45) is 0. The third-order valence-corrected chi connectivity index (χ3v) is 9.50. The summed E-state index contributed by atoms with van der Waals surface area (Å²) in [7, 11) is 2.73. The van der Waals surface area contributed by atoms with E-state index in [1.807, 2.05) is 66.7 Å². The number of methoxy groups -OCH3 is 2. The zero-order valence-corrected chi connectivity index (χ0v) is 32.8. The maximum absolute atomic E-state index is 11.9. The van der Waals surface area contributed by atoms with Gasteiger partial charge in [-0.3, -0.25) is 0 Å². The standard InChI is InChI=1S/C21H21N3O3.C16H11BrN2O2.C5H11NO/c1-14-13-27-11-10-24(14)20-19(15-6-4-3-5-7-15)22-17-9-8-16(21(25)26-2)12-18(17)23-20;1-21-16(20)11-7-8-12-13(9-11)19-15(17)14(18-12)10-5-3-2-4-6-10;1-5-4-7-3-2-6-5/h3-9,12,14H,10-11,13H2,1-2H3;2-9H,1H3;5-6H,2-4H2,1H3. The summed E-state index contributed by atoms with van der Waals surface area (Å²) in [4.78, 5) is 44.5. The summed E-state index contributed by atoms with van der Waals surface area (Å²) in [5.41, 5.74) is 7.31. The van der Waals surface area contributed by atoms with Crippen molar-refractivity contribution in [2.45, 2.75) is 25.9 Å². The summed E-state index contributed by atoms with van der Waals surface area (Å²) in [6, 6.07) is 31.0. The summed E-state index contributed by atoms with van der Waals surface area (Å²) in [5.74, 6) is 0.0422. The molecule has 2 aliphatic heterocycles. The van der Waals surface area contributed by atoms with Gasteiger partial charge in [0.2, 0.25) is 0 Å². The van der Waals surface area contributed by atoms with E-state index in [4.69, 9.17) is 28.9 Å². The molecule has 2 aliphatic rings. The zero-order chi connectivity index (χ0) is 38.7.